The van der Waals surface area contributed by atoms with E-state index in [1.165, 1.54) is 12.0 Å². The highest BCUT2D eigenvalue weighted by Gasteiger charge is 2.25. The van der Waals surface area contributed by atoms with Gasteiger partial charge < -0.3 is 10.6 Å². The Balaban J connectivity index is 0.00000288. The average Bonchev–Trinajstić information content (AvgIpc) is 2.57. The number of guanidine groups is 1. The van der Waals surface area contributed by atoms with Crippen molar-refractivity contribution in [3.63, 3.8) is 0 Å². The quantitative estimate of drug-likeness (QED) is 0.295. The summed E-state index contributed by atoms with van der Waals surface area (Å²) in [7, 11) is 1.85. The van der Waals surface area contributed by atoms with Gasteiger partial charge in [0, 0.05) is 44.5 Å². The van der Waals surface area contributed by atoms with Crippen LogP contribution < -0.4 is 10.6 Å². The van der Waals surface area contributed by atoms with Gasteiger partial charge in [-0.3, -0.25) is 9.89 Å². The molecule has 0 saturated carbocycles. The van der Waals surface area contributed by atoms with E-state index in [1.807, 2.05) is 18.8 Å². The van der Waals surface area contributed by atoms with Crippen molar-refractivity contribution in [3.8, 4) is 0 Å². The average molecular weight is 462 g/mol. The molecule has 1 aliphatic heterocycles. The number of likely N-dealkylation sites (tertiary alicyclic amines) is 1. The molecule has 6 heteroatoms. The normalized spacial score (nSPS) is 21.9. The summed E-state index contributed by atoms with van der Waals surface area (Å²) in [5.41, 5.74) is 1.40. The molecular formula is C18H31IN4S. The van der Waals surface area contributed by atoms with Gasteiger partial charge >= 0.3 is 0 Å². The van der Waals surface area contributed by atoms with E-state index in [1.54, 1.807) is 0 Å². The first kappa shape index (κ1) is 21.6. The summed E-state index contributed by atoms with van der Waals surface area (Å²) < 4.78 is 0. The van der Waals surface area contributed by atoms with Crippen LogP contribution in [0.15, 0.2) is 35.3 Å². The second kappa shape index (κ2) is 12.0. The maximum atomic E-state index is 4.34. The van der Waals surface area contributed by atoms with Crippen molar-refractivity contribution < 1.29 is 0 Å². The first-order valence-corrected chi connectivity index (χ1v) is 9.86. The summed E-state index contributed by atoms with van der Waals surface area (Å²) >= 11 is 1.85. The Morgan fingerprint density at radius 2 is 2.08 bits per heavy atom. The molecular weight excluding hydrogens is 431 g/mol. The van der Waals surface area contributed by atoms with E-state index >= 15 is 0 Å². The first-order chi connectivity index (χ1) is 11.2. The molecule has 1 heterocycles. The zero-order valence-corrected chi connectivity index (χ0v) is 18.1. The molecule has 0 bridgehead atoms. The van der Waals surface area contributed by atoms with Crippen LogP contribution in [-0.2, 0) is 6.54 Å². The van der Waals surface area contributed by atoms with Gasteiger partial charge in [-0.15, -0.1) is 24.0 Å². The molecule has 0 radical (unpaired) electrons. The summed E-state index contributed by atoms with van der Waals surface area (Å²) in [5, 5.41) is 6.97. The van der Waals surface area contributed by atoms with E-state index in [-0.39, 0.29) is 24.0 Å². The Labute approximate surface area is 168 Å². The molecule has 1 aromatic rings. The molecule has 24 heavy (non-hydrogen) atoms. The fourth-order valence-electron chi connectivity index (χ4n) is 3.06. The van der Waals surface area contributed by atoms with E-state index in [0.717, 1.165) is 37.8 Å². The second-order valence-electron chi connectivity index (χ2n) is 6.16. The summed E-state index contributed by atoms with van der Waals surface area (Å²) in [5.74, 6) is 2.04. The van der Waals surface area contributed by atoms with Gasteiger partial charge in [0.2, 0.25) is 0 Å². The third kappa shape index (κ3) is 7.19. The molecule has 0 spiro atoms. The molecule has 1 aromatic carbocycles. The number of thioether (sulfide) groups is 1. The molecule has 0 aliphatic carbocycles. The van der Waals surface area contributed by atoms with E-state index in [0.29, 0.717) is 12.1 Å². The van der Waals surface area contributed by atoms with E-state index in [4.69, 9.17) is 0 Å². The number of nitrogens with one attached hydrogen (secondary N) is 2. The fourth-order valence-corrected chi connectivity index (χ4v) is 3.37. The highest BCUT2D eigenvalue weighted by atomic mass is 127. The lowest BCUT2D eigenvalue weighted by atomic mass is 9.97. The van der Waals surface area contributed by atoms with Crippen molar-refractivity contribution in [3.05, 3.63) is 35.9 Å². The lowest BCUT2D eigenvalue weighted by Crippen LogP contribution is -2.51. The second-order valence-corrected chi connectivity index (χ2v) is 7.15. The summed E-state index contributed by atoms with van der Waals surface area (Å²) in [6, 6.07) is 11.9. The first-order valence-electron chi connectivity index (χ1n) is 8.47. The van der Waals surface area contributed by atoms with E-state index in [9.17, 15) is 0 Å². The van der Waals surface area contributed by atoms with Gasteiger partial charge in [-0.2, -0.15) is 11.8 Å². The summed E-state index contributed by atoms with van der Waals surface area (Å²) in [6.45, 7) is 5.48. The van der Waals surface area contributed by atoms with Crippen LogP contribution in [0.3, 0.4) is 0 Å². The third-order valence-corrected chi connectivity index (χ3v) is 5.02. The fraction of sp³-hybridized carbons (Fsp3) is 0.611. The van der Waals surface area contributed by atoms with Crippen LogP contribution in [0.5, 0.6) is 0 Å². The molecule has 1 aliphatic rings. The molecule has 2 unspecified atom stereocenters. The Hall–Kier alpha value is -0.470. The number of halogens is 1. The van der Waals surface area contributed by atoms with Crippen LogP contribution in [-0.4, -0.2) is 55.1 Å². The molecule has 136 valence electrons. The maximum Gasteiger partial charge on any atom is 0.191 e. The van der Waals surface area contributed by atoms with Gasteiger partial charge in [-0.25, -0.2) is 0 Å². The monoisotopic (exact) mass is 462 g/mol. The van der Waals surface area contributed by atoms with Crippen molar-refractivity contribution >= 4 is 41.7 Å². The van der Waals surface area contributed by atoms with Crippen molar-refractivity contribution in [2.45, 2.75) is 38.4 Å². The largest absolute Gasteiger partial charge is 0.356 e. The molecule has 2 rings (SSSR count). The van der Waals surface area contributed by atoms with Gasteiger partial charge in [-0.1, -0.05) is 30.3 Å². The Kier molecular flexibility index (Phi) is 10.8. The zero-order chi connectivity index (χ0) is 16.5. The van der Waals surface area contributed by atoms with Gasteiger partial charge in [0.1, 0.15) is 0 Å². The minimum absolute atomic E-state index is 0. The van der Waals surface area contributed by atoms with Crippen LogP contribution in [0.1, 0.15) is 25.3 Å². The number of aliphatic imine (C=N–C) groups is 1. The van der Waals surface area contributed by atoms with E-state index in [2.05, 4.69) is 64.0 Å². The summed E-state index contributed by atoms with van der Waals surface area (Å²) in [4.78, 5) is 6.92. The van der Waals surface area contributed by atoms with Crippen LogP contribution >= 0.6 is 35.7 Å². The highest BCUT2D eigenvalue weighted by Crippen LogP contribution is 2.19. The standard InChI is InChI=1S/C18H30N4S.HI/c1-15-13-17(21-18(19-2)20-10-12-23-3)9-11-22(15)14-16-7-5-4-6-8-16;/h4-8,15,17H,9-14H2,1-3H3,(H2,19,20,21);1H. The van der Waals surface area contributed by atoms with Crippen LogP contribution in [0.25, 0.3) is 0 Å². The smallest absolute Gasteiger partial charge is 0.191 e. The molecule has 1 fully saturated rings. The Bertz CT molecular complexity index is 483. The number of rotatable bonds is 6. The number of benzene rings is 1. The minimum Gasteiger partial charge on any atom is -0.356 e. The molecule has 0 amide bonds. The lowest BCUT2D eigenvalue weighted by Gasteiger charge is -2.38. The lowest BCUT2D eigenvalue weighted by molar-refractivity contribution is 0.134. The van der Waals surface area contributed by atoms with Gasteiger partial charge in [0.25, 0.3) is 0 Å². The van der Waals surface area contributed by atoms with Crippen LogP contribution in [0.2, 0.25) is 0 Å². The maximum absolute atomic E-state index is 4.34. The van der Waals surface area contributed by atoms with Gasteiger partial charge in [0.05, 0.1) is 0 Å². The molecule has 4 nitrogen and oxygen atoms in total. The van der Waals surface area contributed by atoms with Crippen LogP contribution in [0, 0.1) is 0 Å². The van der Waals surface area contributed by atoms with Crippen molar-refractivity contribution in [1.82, 2.24) is 15.5 Å². The van der Waals surface area contributed by atoms with Crippen LogP contribution in [0.4, 0.5) is 0 Å². The van der Waals surface area contributed by atoms with E-state index < -0.39 is 0 Å². The Morgan fingerprint density at radius 1 is 1.33 bits per heavy atom. The Morgan fingerprint density at radius 3 is 2.71 bits per heavy atom. The SMILES string of the molecule is CN=C(NCCSC)NC1CCN(Cc2ccccc2)C(C)C1.I. The summed E-state index contributed by atoms with van der Waals surface area (Å²) in [6.07, 6.45) is 4.46. The van der Waals surface area contributed by atoms with Gasteiger partial charge in [0.15, 0.2) is 5.96 Å². The number of hydrogen-bond acceptors (Lipinski definition) is 3. The minimum atomic E-state index is 0. The van der Waals surface area contributed by atoms with Crippen molar-refractivity contribution in [1.29, 1.82) is 0 Å². The molecule has 1 saturated heterocycles. The molecule has 2 N–H and O–H groups in total. The molecule has 2 atom stereocenters. The van der Waals surface area contributed by atoms with Crippen molar-refractivity contribution in [2.75, 3.05) is 32.1 Å². The molecule has 0 aromatic heterocycles. The predicted molar refractivity (Wildman–Crippen MR) is 118 cm³/mol. The number of piperidine rings is 1. The third-order valence-electron chi connectivity index (χ3n) is 4.41. The zero-order valence-electron chi connectivity index (χ0n) is 15.0. The number of nitrogens with zero attached hydrogens (tertiary/aromatic N) is 2. The topological polar surface area (TPSA) is 39.7 Å². The van der Waals surface area contributed by atoms with Gasteiger partial charge in [-0.05, 0) is 31.6 Å². The predicted octanol–water partition coefficient (Wildman–Crippen LogP) is 3.19. The highest BCUT2D eigenvalue weighted by molar-refractivity contribution is 14.0. The van der Waals surface area contributed by atoms with Crippen molar-refractivity contribution in [2.24, 2.45) is 4.99 Å². The number of hydrogen-bond donors (Lipinski definition) is 2.